The molecule has 1 aromatic carbocycles. The lowest BCUT2D eigenvalue weighted by Gasteiger charge is -2.10. The Kier molecular flexibility index (Phi) is 2.32. The standard InChI is InChI=1S/C11H13FO/c1-8-2-7-11(13-8)9-3-5-10(12)6-4-9/h3-6,8,11H,2,7H2,1H3. The fourth-order valence-corrected chi connectivity index (χ4v) is 1.73. The first kappa shape index (κ1) is 8.70. The zero-order chi connectivity index (χ0) is 9.26. The van der Waals surface area contributed by atoms with E-state index in [9.17, 15) is 4.39 Å². The Morgan fingerprint density at radius 2 is 1.92 bits per heavy atom. The van der Waals surface area contributed by atoms with Gasteiger partial charge >= 0.3 is 0 Å². The van der Waals surface area contributed by atoms with Gasteiger partial charge in [0.15, 0.2) is 0 Å². The summed E-state index contributed by atoms with van der Waals surface area (Å²) in [7, 11) is 0. The van der Waals surface area contributed by atoms with Crippen LogP contribution in [0.15, 0.2) is 24.3 Å². The second kappa shape index (κ2) is 3.46. The Hall–Kier alpha value is -0.890. The summed E-state index contributed by atoms with van der Waals surface area (Å²) in [5, 5.41) is 0. The van der Waals surface area contributed by atoms with E-state index in [1.807, 2.05) is 0 Å². The van der Waals surface area contributed by atoms with Crippen molar-refractivity contribution in [2.45, 2.75) is 32.0 Å². The fourth-order valence-electron chi connectivity index (χ4n) is 1.73. The van der Waals surface area contributed by atoms with Gasteiger partial charge in [-0.3, -0.25) is 0 Å². The largest absolute Gasteiger partial charge is 0.371 e. The van der Waals surface area contributed by atoms with Crippen LogP contribution in [-0.2, 0) is 4.74 Å². The maximum absolute atomic E-state index is 12.6. The van der Waals surface area contributed by atoms with E-state index in [0.29, 0.717) is 6.10 Å². The Bertz CT molecular complexity index is 281. The summed E-state index contributed by atoms with van der Waals surface area (Å²) < 4.78 is 18.3. The lowest BCUT2D eigenvalue weighted by Crippen LogP contribution is -2.00. The molecule has 0 N–H and O–H groups in total. The lowest BCUT2D eigenvalue weighted by molar-refractivity contribution is 0.0555. The fraction of sp³-hybridized carbons (Fsp3) is 0.455. The van der Waals surface area contributed by atoms with Gasteiger partial charge in [-0.1, -0.05) is 12.1 Å². The van der Waals surface area contributed by atoms with E-state index in [1.165, 1.54) is 12.1 Å². The summed E-state index contributed by atoms with van der Waals surface area (Å²) in [6, 6.07) is 6.58. The highest BCUT2D eigenvalue weighted by molar-refractivity contribution is 5.19. The predicted octanol–water partition coefficient (Wildman–Crippen LogP) is 3.07. The molecule has 70 valence electrons. The first-order chi connectivity index (χ1) is 6.25. The van der Waals surface area contributed by atoms with Gasteiger partial charge in [-0.25, -0.2) is 4.39 Å². The molecule has 0 spiro atoms. The monoisotopic (exact) mass is 180 g/mol. The number of hydrogen-bond acceptors (Lipinski definition) is 1. The van der Waals surface area contributed by atoms with Crippen molar-refractivity contribution >= 4 is 0 Å². The molecular formula is C11H13FO. The molecule has 0 bridgehead atoms. The van der Waals surface area contributed by atoms with Gasteiger partial charge < -0.3 is 4.74 Å². The minimum absolute atomic E-state index is 0.176. The van der Waals surface area contributed by atoms with Crippen molar-refractivity contribution in [2.75, 3.05) is 0 Å². The van der Waals surface area contributed by atoms with Crippen molar-refractivity contribution in [3.8, 4) is 0 Å². The molecule has 0 saturated carbocycles. The molecule has 0 aromatic heterocycles. The molecule has 1 heterocycles. The Labute approximate surface area is 77.5 Å². The minimum atomic E-state index is -0.185. The van der Waals surface area contributed by atoms with E-state index in [2.05, 4.69) is 6.92 Å². The van der Waals surface area contributed by atoms with Crippen LogP contribution in [0.4, 0.5) is 4.39 Å². The first-order valence-electron chi connectivity index (χ1n) is 4.66. The first-order valence-corrected chi connectivity index (χ1v) is 4.66. The highest BCUT2D eigenvalue weighted by Crippen LogP contribution is 2.32. The van der Waals surface area contributed by atoms with Crippen LogP contribution in [-0.4, -0.2) is 6.10 Å². The van der Waals surface area contributed by atoms with Crippen molar-refractivity contribution in [1.82, 2.24) is 0 Å². The summed E-state index contributed by atoms with van der Waals surface area (Å²) in [5.74, 6) is -0.185. The molecule has 0 amide bonds. The molecule has 0 radical (unpaired) electrons. The predicted molar refractivity (Wildman–Crippen MR) is 48.9 cm³/mol. The maximum atomic E-state index is 12.6. The SMILES string of the molecule is CC1CCC(c2ccc(F)cc2)O1. The maximum Gasteiger partial charge on any atom is 0.123 e. The van der Waals surface area contributed by atoms with Crippen LogP contribution >= 0.6 is 0 Å². The van der Waals surface area contributed by atoms with E-state index in [4.69, 9.17) is 4.74 Å². The van der Waals surface area contributed by atoms with Gasteiger partial charge in [0.25, 0.3) is 0 Å². The third-order valence-corrected chi connectivity index (χ3v) is 2.47. The molecule has 1 saturated heterocycles. The lowest BCUT2D eigenvalue weighted by atomic mass is 10.1. The third-order valence-electron chi connectivity index (χ3n) is 2.47. The Morgan fingerprint density at radius 3 is 2.46 bits per heavy atom. The Morgan fingerprint density at radius 1 is 1.23 bits per heavy atom. The smallest absolute Gasteiger partial charge is 0.123 e. The zero-order valence-electron chi connectivity index (χ0n) is 7.66. The zero-order valence-corrected chi connectivity index (χ0v) is 7.66. The molecule has 2 rings (SSSR count). The summed E-state index contributed by atoms with van der Waals surface area (Å²) >= 11 is 0. The van der Waals surface area contributed by atoms with Gasteiger partial charge in [-0.2, -0.15) is 0 Å². The number of ether oxygens (including phenoxy) is 1. The van der Waals surface area contributed by atoms with Crippen LogP contribution in [0.1, 0.15) is 31.4 Å². The minimum Gasteiger partial charge on any atom is -0.371 e. The molecule has 2 heteroatoms. The number of benzene rings is 1. The number of rotatable bonds is 1. The molecule has 2 atom stereocenters. The van der Waals surface area contributed by atoms with E-state index >= 15 is 0 Å². The van der Waals surface area contributed by atoms with E-state index in [1.54, 1.807) is 12.1 Å². The van der Waals surface area contributed by atoms with Crippen molar-refractivity contribution in [1.29, 1.82) is 0 Å². The van der Waals surface area contributed by atoms with E-state index < -0.39 is 0 Å². The van der Waals surface area contributed by atoms with Gasteiger partial charge in [0.2, 0.25) is 0 Å². The summed E-state index contributed by atoms with van der Waals surface area (Å²) in [6.07, 6.45) is 2.67. The van der Waals surface area contributed by atoms with E-state index in [0.717, 1.165) is 18.4 Å². The molecule has 1 aliphatic heterocycles. The molecule has 2 unspecified atom stereocenters. The molecule has 1 nitrogen and oxygen atoms in total. The summed E-state index contributed by atoms with van der Waals surface area (Å²) in [4.78, 5) is 0. The third kappa shape index (κ3) is 1.89. The number of halogens is 1. The Balaban J connectivity index is 2.13. The average molecular weight is 180 g/mol. The van der Waals surface area contributed by atoms with E-state index in [-0.39, 0.29) is 11.9 Å². The van der Waals surface area contributed by atoms with Gasteiger partial charge in [0.05, 0.1) is 12.2 Å². The van der Waals surface area contributed by atoms with Crippen molar-refractivity contribution < 1.29 is 9.13 Å². The average Bonchev–Trinajstić information content (AvgIpc) is 2.53. The van der Waals surface area contributed by atoms with Gasteiger partial charge in [0, 0.05) is 0 Å². The van der Waals surface area contributed by atoms with Crippen LogP contribution in [0, 0.1) is 5.82 Å². The molecule has 0 aliphatic carbocycles. The van der Waals surface area contributed by atoms with Gasteiger partial charge in [-0.15, -0.1) is 0 Å². The highest BCUT2D eigenvalue weighted by atomic mass is 19.1. The van der Waals surface area contributed by atoms with Crippen LogP contribution in [0.5, 0.6) is 0 Å². The normalized spacial score (nSPS) is 27.8. The summed E-state index contributed by atoms with van der Waals surface area (Å²) in [6.45, 7) is 2.07. The van der Waals surface area contributed by atoms with Gasteiger partial charge in [-0.05, 0) is 37.5 Å². The highest BCUT2D eigenvalue weighted by Gasteiger charge is 2.22. The number of hydrogen-bond donors (Lipinski definition) is 0. The van der Waals surface area contributed by atoms with Crippen LogP contribution in [0.25, 0.3) is 0 Å². The van der Waals surface area contributed by atoms with Crippen molar-refractivity contribution in [3.63, 3.8) is 0 Å². The second-order valence-electron chi connectivity index (χ2n) is 3.56. The topological polar surface area (TPSA) is 9.23 Å². The molecule has 1 aromatic rings. The van der Waals surface area contributed by atoms with Crippen LogP contribution in [0.3, 0.4) is 0 Å². The van der Waals surface area contributed by atoms with Gasteiger partial charge in [0.1, 0.15) is 5.82 Å². The summed E-state index contributed by atoms with van der Waals surface area (Å²) in [5.41, 5.74) is 1.09. The molecule has 13 heavy (non-hydrogen) atoms. The quantitative estimate of drug-likeness (QED) is 0.645. The molecular weight excluding hydrogens is 167 g/mol. The van der Waals surface area contributed by atoms with Crippen LogP contribution < -0.4 is 0 Å². The van der Waals surface area contributed by atoms with Crippen LogP contribution in [0.2, 0.25) is 0 Å². The molecule has 1 fully saturated rings. The molecule has 1 aliphatic rings. The second-order valence-corrected chi connectivity index (χ2v) is 3.56. The van der Waals surface area contributed by atoms with Crippen molar-refractivity contribution in [2.24, 2.45) is 0 Å². The van der Waals surface area contributed by atoms with Crippen molar-refractivity contribution in [3.05, 3.63) is 35.6 Å².